The second-order valence-corrected chi connectivity index (χ2v) is 6.35. The van der Waals surface area contributed by atoms with Crippen molar-refractivity contribution in [3.8, 4) is 0 Å². The molecule has 1 heterocycles. The van der Waals surface area contributed by atoms with E-state index in [1.54, 1.807) is 0 Å². The summed E-state index contributed by atoms with van der Waals surface area (Å²) < 4.78 is 1.07. The van der Waals surface area contributed by atoms with Gasteiger partial charge in [-0.2, -0.15) is 0 Å². The van der Waals surface area contributed by atoms with Crippen LogP contribution in [0.1, 0.15) is 39.0 Å². The van der Waals surface area contributed by atoms with Crippen LogP contribution in [0.2, 0.25) is 0 Å². The van der Waals surface area contributed by atoms with E-state index in [1.165, 1.54) is 32.1 Å². The molecule has 1 aromatic rings. The van der Waals surface area contributed by atoms with Gasteiger partial charge in [-0.3, -0.25) is 0 Å². The first-order chi connectivity index (χ1) is 9.20. The Bertz CT molecular complexity index is 436. The van der Waals surface area contributed by atoms with Crippen molar-refractivity contribution in [2.75, 3.05) is 11.9 Å². The Kier molecular flexibility index (Phi) is 5.64. The molecule has 1 fully saturated rings. The summed E-state index contributed by atoms with van der Waals surface area (Å²) in [6, 6.07) is 8.75. The molecule has 104 valence electrons. The fourth-order valence-electron chi connectivity index (χ4n) is 2.63. The molecule has 1 unspecified atom stereocenters. The third-order valence-corrected chi connectivity index (χ3v) is 4.51. The lowest BCUT2D eigenvalue weighted by molar-refractivity contribution is 0.311. The second-order valence-electron chi connectivity index (χ2n) is 5.05. The van der Waals surface area contributed by atoms with E-state index in [2.05, 4.69) is 45.2 Å². The highest BCUT2D eigenvalue weighted by atomic mass is 79.9. The summed E-state index contributed by atoms with van der Waals surface area (Å²) in [4.78, 5) is 2.38. The van der Waals surface area contributed by atoms with Gasteiger partial charge in [-0.15, -0.1) is 0 Å². The molecule has 0 saturated carbocycles. The van der Waals surface area contributed by atoms with Crippen LogP contribution in [0.25, 0.3) is 0 Å². The summed E-state index contributed by atoms with van der Waals surface area (Å²) in [5.41, 5.74) is 1.05. The molecule has 1 N–H and O–H groups in total. The average molecular weight is 341 g/mol. The van der Waals surface area contributed by atoms with Crippen LogP contribution in [0.3, 0.4) is 0 Å². The van der Waals surface area contributed by atoms with Gasteiger partial charge in [0, 0.05) is 22.7 Å². The van der Waals surface area contributed by atoms with Crippen molar-refractivity contribution in [2.24, 2.45) is 0 Å². The van der Waals surface area contributed by atoms with Crippen LogP contribution in [0.4, 0.5) is 5.69 Å². The van der Waals surface area contributed by atoms with Gasteiger partial charge in [0.1, 0.15) is 0 Å². The van der Waals surface area contributed by atoms with Crippen LogP contribution in [0.5, 0.6) is 0 Å². The third-order valence-electron chi connectivity index (χ3n) is 3.69. The van der Waals surface area contributed by atoms with Crippen LogP contribution in [-0.2, 0) is 0 Å². The first kappa shape index (κ1) is 14.8. The zero-order chi connectivity index (χ0) is 13.7. The van der Waals surface area contributed by atoms with Crippen LogP contribution < -0.4 is 5.32 Å². The van der Waals surface area contributed by atoms with Crippen LogP contribution in [0, 0.1) is 0 Å². The van der Waals surface area contributed by atoms with Gasteiger partial charge in [0.25, 0.3) is 0 Å². The molecule has 0 aliphatic carbocycles. The van der Waals surface area contributed by atoms with Gasteiger partial charge in [-0.05, 0) is 49.7 Å². The number of halogens is 1. The number of anilines is 1. The number of rotatable bonds is 2. The summed E-state index contributed by atoms with van der Waals surface area (Å²) in [6.45, 7) is 3.34. The first-order valence-corrected chi connectivity index (χ1v) is 8.24. The number of thiocarbonyl (C=S) groups is 1. The Morgan fingerprint density at radius 1 is 1.42 bits per heavy atom. The van der Waals surface area contributed by atoms with Gasteiger partial charge in [-0.25, -0.2) is 0 Å². The Hall–Kier alpha value is -0.610. The molecule has 1 aliphatic heterocycles. The molecule has 4 heteroatoms. The lowest BCUT2D eigenvalue weighted by Gasteiger charge is -2.32. The summed E-state index contributed by atoms with van der Waals surface area (Å²) >= 11 is 9.09. The van der Waals surface area contributed by atoms with Crippen LogP contribution in [0.15, 0.2) is 28.7 Å². The van der Waals surface area contributed by atoms with E-state index in [9.17, 15) is 0 Å². The first-order valence-electron chi connectivity index (χ1n) is 7.04. The molecule has 2 rings (SSSR count). The van der Waals surface area contributed by atoms with E-state index in [1.807, 2.05) is 12.1 Å². The molecule has 1 saturated heterocycles. The molecule has 1 atom stereocenters. The largest absolute Gasteiger partial charge is 0.346 e. The van der Waals surface area contributed by atoms with Gasteiger partial charge in [0.2, 0.25) is 0 Å². The van der Waals surface area contributed by atoms with E-state index >= 15 is 0 Å². The van der Waals surface area contributed by atoms with Gasteiger partial charge >= 0.3 is 0 Å². The zero-order valence-electron chi connectivity index (χ0n) is 11.4. The molecule has 19 heavy (non-hydrogen) atoms. The molecule has 1 aromatic carbocycles. The molecule has 0 amide bonds. The second kappa shape index (κ2) is 7.25. The van der Waals surface area contributed by atoms with E-state index in [0.717, 1.165) is 21.8 Å². The highest BCUT2D eigenvalue weighted by Gasteiger charge is 2.21. The lowest BCUT2D eigenvalue weighted by Crippen LogP contribution is -2.42. The zero-order valence-corrected chi connectivity index (χ0v) is 13.8. The fourth-order valence-corrected chi connectivity index (χ4v) is 3.39. The summed E-state index contributed by atoms with van der Waals surface area (Å²) in [7, 11) is 0. The molecule has 1 aliphatic rings. The summed E-state index contributed by atoms with van der Waals surface area (Å²) in [5.74, 6) is 0. The molecule has 0 spiro atoms. The van der Waals surface area contributed by atoms with Gasteiger partial charge < -0.3 is 10.2 Å². The smallest absolute Gasteiger partial charge is 0.173 e. The van der Waals surface area contributed by atoms with Crippen molar-refractivity contribution < 1.29 is 0 Å². The molecule has 0 radical (unpaired) electrons. The van der Waals surface area contributed by atoms with E-state index < -0.39 is 0 Å². The van der Waals surface area contributed by atoms with Crippen molar-refractivity contribution in [3.63, 3.8) is 0 Å². The Morgan fingerprint density at radius 3 is 3.00 bits per heavy atom. The van der Waals surface area contributed by atoms with Crippen molar-refractivity contribution >= 4 is 38.9 Å². The van der Waals surface area contributed by atoms with E-state index in [4.69, 9.17) is 12.2 Å². The van der Waals surface area contributed by atoms with Crippen molar-refractivity contribution in [1.82, 2.24) is 4.90 Å². The molecule has 0 bridgehead atoms. The van der Waals surface area contributed by atoms with Crippen LogP contribution >= 0.6 is 28.1 Å². The van der Waals surface area contributed by atoms with Gasteiger partial charge in [0.15, 0.2) is 5.11 Å². The number of hydrogen-bond acceptors (Lipinski definition) is 1. The van der Waals surface area contributed by atoms with Crippen molar-refractivity contribution in [3.05, 3.63) is 28.7 Å². The maximum Gasteiger partial charge on any atom is 0.173 e. The minimum Gasteiger partial charge on any atom is -0.346 e. The predicted molar refractivity (Wildman–Crippen MR) is 89.6 cm³/mol. The van der Waals surface area contributed by atoms with Crippen molar-refractivity contribution in [2.45, 2.75) is 45.1 Å². The number of nitrogens with zero attached hydrogens (tertiary/aromatic N) is 1. The lowest BCUT2D eigenvalue weighted by atomic mass is 10.1. The monoisotopic (exact) mass is 340 g/mol. The summed E-state index contributed by atoms with van der Waals surface area (Å²) in [6.07, 6.45) is 6.33. The standard InChI is InChI=1S/C15H21BrN2S/c1-2-14-9-4-3-5-10-18(14)15(19)17-13-8-6-7-12(16)11-13/h6-8,11,14H,2-5,9-10H2,1H3,(H,17,19). The number of likely N-dealkylation sites (tertiary alicyclic amines) is 1. The molecule has 2 nitrogen and oxygen atoms in total. The van der Waals surface area contributed by atoms with E-state index in [-0.39, 0.29) is 0 Å². The van der Waals surface area contributed by atoms with Gasteiger partial charge in [-0.1, -0.05) is 41.8 Å². The Morgan fingerprint density at radius 2 is 2.26 bits per heavy atom. The number of hydrogen-bond donors (Lipinski definition) is 1. The number of nitrogens with one attached hydrogen (secondary N) is 1. The minimum absolute atomic E-state index is 0.592. The highest BCUT2D eigenvalue weighted by molar-refractivity contribution is 9.10. The normalized spacial score (nSPS) is 19.9. The SMILES string of the molecule is CCC1CCCCCN1C(=S)Nc1cccc(Br)c1. The fraction of sp³-hybridized carbons (Fsp3) is 0.533. The quantitative estimate of drug-likeness (QED) is 0.778. The topological polar surface area (TPSA) is 15.3 Å². The maximum atomic E-state index is 5.60. The predicted octanol–water partition coefficient (Wildman–Crippen LogP) is 4.80. The summed E-state index contributed by atoms with van der Waals surface area (Å²) in [5, 5.41) is 4.24. The van der Waals surface area contributed by atoms with E-state index in [0.29, 0.717) is 6.04 Å². The Balaban J connectivity index is 2.04. The molecular weight excluding hydrogens is 320 g/mol. The molecular formula is C15H21BrN2S. The number of benzene rings is 1. The average Bonchev–Trinajstić information content (AvgIpc) is 2.63. The Labute approximate surface area is 129 Å². The molecule has 0 aromatic heterocycles. The minimum atomic E-state index is 0.592. The van der Waals surface area contributed by atoms with Crippen molar-refractivity contribution in [1.29, 1.82) is 0 Å². The maximum absolute atomic E-state index is 5.60. The van der Waals surface area contributed by atoms with Gasteiger partial charge in [0.05, 0.1) is 0 Å². The third kappa shape index (κ3) is 4.18. The van der Waals surface area contributed by atoms with Crippen LogP contribution in [-0.4, -0.2) is 22.6 Å². The highest BCUT2D eigenvalue weighted by Crippen LogP contribution is 2.21.